The van der Waals surface area contributed by atoms with E-state index >= 15 is 0 Å². The zero-order valence-electron chi connectivity index (χ0n) is 11.5. The Balaban J connectivity index is 2.05. The quantitative estimate of drug-likeness (QED) is 0.772. The normalized spacial score (nSPS) is 12.7. The molecule has 1 heterocycles. The summed E-state index contributed by atoms with van der Waals surface area (Å²) in [7, 11) is 0. The van der Waals surface area contributed by atoms with Gasteiger partial charge in [0.2, 0.25) is 0 Å². The van der Waals surface area contributed by atoms with Crippen molar-refractivity contribution in [3.8, 4) is 0 Å². The van der Waals surface area contributed by atoms with Crippen molar-refractivity contribution in [2.45, 2.75) is 13.0 Å². The molecule has 2 aromatic carbocycles. The van der Waals surface area contributed by atoms with Crippen molar-refractivity contribution in [2.24, 2.45) is 0 Å². The Labute approximate surface area is 118 Å². The second-order valence-corrected chi connectivity index (χ2v) is 4.76. The van der Waals surface area contributed by atoms with Crippen molar-refractivity contribution in [2.75, 3.05) is 13.1 Å². The van der Waals surface area contributed by atoms with Crippen LogP contribution in [0.25, 0.3) is 11.0 Å². The Hall–Kier alpha value is -2.20. The standard InChI is InChI=1S/C16H18N4/c1-2-17-12-16(13-8-4-3-5-9-13)20-15-11-7-6-10-14(15)18-19-20/h3-11,16-17H,2,12H2,1H3. The van der Waals surface area contributed by atoms with Gasteiger partial charge < -0.3 is 5.32 Å². The number of likely N-dealkylation sites (N-methyl/N-ethyl adjacent to an activating group) is 1. The minimum Gasteiger partial charge on any atom is -0.315 e. The van der Waals surface area contributed by atoms with Crippen LogP contribution in [0.4, 0.5) is 0 Å². The molecule has 4 nitrogen and oxygen atoms in total. The molecule has 0 aliphatic rings. The first kappa shape index (κ1) is 12.8. The molecular formula is C16H18N4. The first-order chi connectivity index (χ1) is 9.90. The highest BCUT2D eigenvalue weighted by Gasteiger charge is 2.16. The van der Waals surface area contributed by atoms with Gasteiger partial charge in [-0.15, -0.1) is 5.10 Å². The lowest BCUT2D eigenvalue weighted by Crippen LogP contribution is -2.26. The Kier molecular flexibility index (Phi) is 3.74. The number of hydrogen-bond donors (Lipinski definition) is 1. The van der Waals surface area contributed by atoms with Gasteiger partial charge in [0.05, 0.1) is 11.6 Å². The highest BCUT2D eigenvalue weighted by molar-refractivity contribution is 5.74. The predicted molar refractivity (Wildman–Crippen MR) is 80.7 cm³/mol. The summed E-state index contributed by atoms with van der Waals surface area (Å²) in [6.07, 6.45) is 0. The highest BCUT2D eigenvalue weighted by atomic mass is 15.4. The third kappa shape index (κ3) is 2.42. The van der Waals surface area contributed by atoms with Crippen molar-refractivity contribution in [1.82, 2.24) is 20.3 Å². The largest absolute Gasteiger partial charge is 0.315 e. The smallest absolute Gasteiger partial charge is 0.113 e. The van der Waals surface area contributed by atoms with Crippen LogP contribution < -0.4 is 5.32 Å². The van der Waals surface area contributed by atoms with Gasteiger partial charge in [0, 0.05) is 6.54 Å². The molecule has 0 aliphatic heterocycles. The van der Waals surface area contributed by atoms with Crippen LogP contribution in [0, 0.1) is 0 Å². The minimum absolute atomic E-state index is 0.156. The fourth-order valence-electron chi connectivity index (χ4n) is 2.42. The molecule has 0 radical (unpaired) electrons. The van der Waals surface area contributed by atoms with E-state index in [2.05, 4.69) is 52.9 Å². The van der Waals surface area contributed by atoms with Gasteiger partial charge in [0.1, 0.15) is 5.52 Å². The zero-order chi connectivity index (χ0) is 13.8. The number of nitrogens with zero attached hydrogens (tertiary/aromatic N) is 3. The van der Waals surface area contributed by atoms with E-state index in [0.29, 0.717) is 0 Å². The van der Waals surface area contributed by atoms with Crippen LogP contribution in [0.1, 0.15) is 18.5 Å². The molecule has 3 rings (SSSR count). The number of rotatable bonds is 5. The van der Waals surface area contributed by atoms with Crippen LogP contribution in [0.15, 0.2) is 54.6 Å². The maximum absolute atomic E-state index is 4.35. The second-order valence-electron chi connectivity index (χ2n) is 4.76. The first-order valence-corrected chi connectivity index (χ1v) is 6.95. The van der Waals surface area contributed by atoms with Crippen molar-refractivity contribution >= 4 is 11.0 Å². The molecule has 0 amide bonds. The van der Waals surface area contributed by atoms with E-state index in [-0.39, 0.29) is 6.04 Å². The van der Waals surface area contributed by atoms with E-state index in [1.807, 2.05) is 28.9 Å². The minimum atomic E-state index is 0.156. The molecule has 1 atom stereocenters. The van der Waals surface area contributed by atoms with Crippen molar-refractivity contribution < 1.29 is 0 Å². The van der Waals surface area contributed by atoms with Gasteiger partial charge in [-0.1, -0.05) is 54.6 Å². The number of hydrogen-bond acceptors (Lipinski definition) is 3. The van der Waals surface area contributed by atoms with E-state index in [0.717, 1.165) is 24.1 Å². The number of benzene rings is 2. The summed E-state index contributed by atoms with van der Waals surface area (Å²) in [5.41, 5.74) is 3.24. The zero-order valence-corrected chi connectivity index (χ0v) is 11.5. The second kappa shape index (κ2) is 5.84. The van der Waals surface area contributed by atoms with Crippen molar-refractivity contribution in [1.29, 1.82) is 0 Å². The summed E-state index contributed by atoms with van der Waals surface area (Å²) in [5, 5.41) is 12.0. The Bertz CT molecular complexity index is 675. The van der Waals surface area contributed by atoms with Gasteiger partial charge in [-0.25, -0.2) is 4.68 Å². The molecule has 0 spiro atoms. The molecule has 1 aromatic heterocycles. The molecule has 102 valence electrons. The van der Waals surface area contributed by atoms with Crippen LogP contribution in [0.2, 0.25) is 0 Å². The van der Waals surface area contributed by atoms with Crippen molar-refractivity contribution in [3.05, 3.63) is 60.2 Å². The summed E-state index contributed by atoms with van der Waals surface area (Å²) in [5.74, 6) is 0. The highest BCUT2D eigenvalue weighted by Crippen LogP contribution is 2.21. The molecule has 1 N–H and O–H groups in total. The molecule has 0 saturated carbocycles. The van der Waals surface area contributed by atoms with Gasteiger partial charge >= 0.3 is 0 Å². The molecule has 0 aliphatic carbocycles. The maximum Gasteiger partial charge on any atom is 0.113 e. The third-order valence-corrected chi connectivity index (χ3v) is 3.44. The topological polar surface area (TPSA) is 42.7 Å². The fraction of sp³-hybridized carbons (Fsp3) is 0.250. The lowest BCUT2D eigenvalue weighted by molar-refractivity contribution is 0.486. The van der Waals surface area contributed by atoms with Gasteiger partial charge in [-0.3, -0.25) is 0 Å². The van der Waals surface area contributed by atoms with Gasteiger partial charge in [0.25, 0.3) is 0 Å². The van der Waals surface area contributed by atoms with E-state index in [1.54, 1.807) is 0 Å². The van der Waals surface area contributed by atoms with Gasteiger partial charge in [-0.2, -0.15) is 0 Å². The van der Waals surface area contributed by atoms with Gasteiger partial charge in [0.15, 0.2) is 0 Å². The summed E-state index contributed by atoms with van der Waals surface area (Å²) < 4.78 is 2.01. The van der Waals surface area contributed by atoms with E-state index in [4.69, 9.17) is 0 Å². The lowest BCUT2D eigenvalue weighted by Gasteiger charge is -2.18. The lowest BCUT2D eigenvalue weighted by atomic mass is 10.1. The molecule has 0 bridgehead atoms. The van der Waals surface area contributed by atoms with E-state index in [9.17, 15) is 0 Å². The van der Waals surface area contributed by atoms with Crippen molar-refractivity contribution in [3.63, 3.8) is 0 Å². The van der Waals surface area contributed by atoms with Crippen LogP contribution in [0.3, 0.4) is 0 Å². The van der Waals surface area contributed by atoms with E-state index in [1.165, 1.54) is 5.56 Å². The summed E-state index contributed by atoms with van der Waals surface area (Å²) in [6, 6.07) is 18.7. The first-order valence-electron chi connectivity index (χ1n) is 6.95. The SMILES string of the molecule is CCNCC(c1ccccc1)n1nnc2ccccc21. The molecule has 1 unspecified atom stereocenters. The van der Waals surface area contributed by atoms with Crippen LogP contribution >= 0.6 is 0 Å². The Morgan fingerprint density at radius 3 is 2.60 bits per heavy atom. The Morgan fingerprint density at radius 2 is 1.80 bits per heavy atom. The third-order valence-electron chi connectivity index (χ3n) is 3.44. The molecule has 3 aromatic rings. The number of fused-ring (bicyclic) bond motifs is 1. The number of para-hydroxylation sites is 1. The average Bonchev–Trinajstić information content (AvgIpc) is 2.93. The van der Waals surface area contributed by atoms with Gasteiger partial charge in [-0.05, 0) is 24.2 Å². The van der Waals surface area contributed by atoms with Crippen LogP contribution in [0.5, 0.6) is 0 Å². The summed E-state index contributed by atoms with van der Waals surface area (Å²) in [4.78, 5) is 0. The molecule has 0 fully saturated rings. The summed E-state index contributed by atoms with van der Waals surface area (Å²) >= 11 is 0. The fourth-order valence-corrected chi connectivity index (χ4v) is 2.42. The monoisotopic (exact) mass is 266 g/mol. The van der Waals surface area contributed by atoms with E-state index < -0.39 is 0 Å². The van der Waals surface area contributed by atoms with Crippen LogP contribution in [-0.4, -0.2) is 28.1 Å². The molecule has 20 heavy (non-hydrogen) atoms. The molecule has 0 saturated heterocycles. The Morgan fingerprint density at radius 1 is 1.05 bits per heavy atom. The molecular weight excluding hydrogens is 248 g/mol. The number of nitrogens with one attached hydrogen (secondary N) is 1. The number of aromatic nitrogens is 3. The van der Waals surface area contributed by atoms with Crippen LogP contribution in [-0.2, 0) is 0 Å². The predicted octanol–water partition coefficient (Wildman–Crippen LogP) is 2.63. The molecule has 4 heteroatoms. The maximum atomic E-state index is 4.35. The summed E-state index contributed by atoms with van der Waals surface area (Å²) in [6.45, 7) is 3.89. The average molecular weight is 266 g/mol.